The van der Waals surface area contributed by atoms with Gasteiger partial charge in [-0.2, -0.15) is 0 Å². The van der Waals surface area contributed by atoms with Crippen LogP contribution in [-0.2, 0) is 9.59 Å². The van der Waals surface area contributed by atoms with E-state index in [1.807, 2.05) is 0 Å². The third-order valence-electron chi connectivity index (χ3n) is 3.37. The van der Waals surface area contributed by atoms with Gasteiger partial charge in [0.25, 0.3) is 0 Å². The van der Waals surface area contributed by atoms with E-state index in [4.69, 9.17) is 11.5 Å². The van der Waals surface area contributed by atoms with Crippen LogP contribution in [0.15, 0.2) is 0 Å². The lowest BCUT2D eigenvalue weighted by Gasteiger charge is -2.20. The number of nitrogens with two attached hydrogens (primary N) is 2. The number of hydrogen-bond donors (Lipinski definition) is 3. The lowest BCUT2D eigenvalue weighted by molar-refractivity contribution is -0.126. The normalized spacial score (nSPS) is 22.1. The van der Waals surface area contributed by atoms with E-state index in [1.165, 1.54) is 0 Å². The Labute approximate surface area is 108 Å². The first-order valence-corrected chi connectivity index (χ1v) is 6.45. The van der Waals surface area contributed by atoms with Crippen molar-refractivity contribution in [2.24, 2.45) is 17.4 Å². The van der Waals surface area contributed by atoms with Crippen molar-refractivity contribution in [3.05, 3.63) is 0 Å². The summed E-state index contributed by atoms with van der Waals surface area (Å²) in [6, 6.07) is -0.284. The van der Waals surface area contributed by atoms with E-state index in [1.54, 1.807) is 0 Å². The molecule has 1 heterocycles. The van der Waals surface area contributed by atoms with Crippen molar-refractivity contribution in [2.75, 3.05) is 19.6 Å². The van der Waals surface area contributed by atoms with Crippen molar-refractivity contribution in [2.45, 2.75) is 38.8 Å². The van der Waals surface area contributed by atoms with Crippen LogP contribution in [0.5, 0.6) is 0 Å². The van der Waals surface area contributed by atoms with Crippen molar-refractivity contribution in [1.82, 2.24) is 10.2 Å². The van der Waals surface area contributed by atoms with Gasteiger partial charge in [-0.05, 0) is 32.7 Å². The number of rotatable bonds is 6. The molecular weight excluding hydrogens is 232 g/mol. The van der Waals surface area contributed by atoms with E-state index < -0.39 is 11.9 Å². The molecule has 1 aliphatic rings. The Morgan fingerprint density at radius 1 is 1.44 bits per heavy atom. The van der Waals surface area contributed by atoms with Crippen LogP contribution in [0.4, 0.5) is 0 Å². The average Bonchev–Trinajstić information content (AvgIpc) is 2.73. The molecule has 0 saturated carbocycles. The van der Waals surface area contributed by atoms with Crippen LogP contribution in [-0.4, -0.2) is 48.4 Å². The maximum Gasteiger partial charge on any atom is 0.237 e. The van der Waals surface area contributed by atoms with E-state index in [0.717, 1.165) is 19.5 Å². The molecule has 18 heavy (non-hydrogen) atoms. The first kappa shape index (κ1) is 14.9. The molecule has 0 aliphatic carbocycles. The van der Waals surface area contributed by atoms with Gasteiger partial charge in [0.1, 0.15) is 0 Å². The molecule has 1 aliphatic heterocycles. The molecule has 6 heteroatoms. The van der Waals surface area contributed by atoms with Crippen LogP contribution >= 0.6 is 0 Å². The molecule has 0 bridgehead atoms. The van der Waals surface area contributed by atoms with Crippen LogP contribution in [0, 0.1) is 5.92 Å². The zero-order valence-electron chi connectivity index (χ0n) is 11.2. The minimum atomic E-state index is -0.829. The molecule has 1 fully saturated rings. The summed E-state index contributed by atoms with van der Waals surface area (Å²) in [5, 5.41) is 2.79. The highest BCUT2D eigenvalue weighted by Gasteiger charge is 2.25. The summed E-state index contributed by atoms with van der Waals surface area (Å²) < 4.78 is 0. The summed E-state index contributed by atoms with van der Waals surface area (Å²) in [6.07, 6.45) is 0.984. The lowest BCUT2D eigenvalue weighted by atomic mass is 10.1. The monoisotopic (exact) mass is 256 g/mol. The second-order valence-electron chi connectivity index (χ2n) is 5.27. The van der Waals surface area contributed by atoms with Crippen LogP contribution in [0.25, 0.3) is 0 Å². The first-order valence-electron chi connectivity index (χ1n) is 6.45. The van der Waals surface area contributed by atoms with Gasteiger partial charge in [0, 0.05) is 19.1 Å². The van der Waals surface area contributed by atoms with Crippen molar-refractivity contribution in [3.63, 3.8) is 0 Å². The topological polar surface area (TPSA) is 101 Å². The Morgan fingerprint density at radius 2 is 2.11 bits per heavy atom. The van der Waals surface area contributed by atoms with Crippen LogP contribution < -0.4 is 16.8 Å². The van der Waals surface area contributed by atoms with Gasteiger partial charge < -0.3 is 21.7 Å². The quantitative estimate of drug-likeness (QED) is 0.569. The molecule has 2 amide bonds. The zero-order chi connectivity index (χ0) is 13.7. The molecule has 0 aromatic rings. The summed E-state index contributed by atoms with van der Waals surface area (Å²) in [5.74, 6) is -0.376. The summed E-state index contributed by atoms with van der Waals surface area (Å²) in [6.45, 7) is 7.04. The van der Waals surface area contributed by atoms with Gasteiger partial charge in [-0.15, -0.1) is 0 Å². The standard InChI is InChI=1S/C12H24N4O2/c1-8(2)16-4-3-9(7-16)6-15-12(18)10(13)5-11(14)17/h8-10H,3-7,13H2,1-2H3,(H2,14,17)(H,15,18). The van der Waals surface area contributed by atoms with Crippen LogP contribution in [0.1, 0.15) is 26.7 Å². The number of primary amides is 1. The number of likely N-dealkylation sites (tertiary alicyclic amines) is 1. The second-order valence-corrected chi connectivity index (χ2v) is 5.27. The highest BCUT2D eigenvalue weighted by Crippen LogP contribution is 2.17. The minimum absolute atomic E-state index is 0.103. The molecule has 1 saturated heterocycles. The van der Waals surface area contributed by atoms with Gasteiger partial charge in [-0.3, -0.25) is 9.59 Å². The second kappa shape index (κ2) is 6.70. The third-order valence-corrected chi connectivity index (χ3v) is 3.37. The highest BCUT2D eigenvalue weighted by atomic mass is 16.2. The Morgan fingerprint density at radius 3 is 2.61 bits per heavy atom. The maximum atomic E-state index is 11.6. The predicted molar refractivity (Wildman–Crippen MR) is 69.6 cm³/mol. The molecule has 6 nitrogen and oxygen atoms in total. The fourth-order valence-corrected chi connectivity index (χ4v) is 2.18. The summed E-state index contributed by atoms with van der Waals surface area (Å²) in [7, 11) is 0. The first-order chi connectivity index (χ1) is 8.40. The number of nitrogens with zero attached hydrogens (tertiary/aromatic N) is 1. The van der Waals surface area contributed by atoms with Gasteiger partial charge in [0.05, 0.1) is 12.5 Å². The predicted octanol–water partition coefficient (Wildman–Crippen LogP) is -0.964. The van der Waals surface area contributed by atoms with E-state index in [0.29, 0.717) is 18.5 Å². The van der Waals surface area contributed by atoms with Gasteiger partial charge in [0.15, 0.2) is 0 Å². The van der Waals surface area contributed by atoms with Crippen molar-refractivity contribution in [1.29, 1.82) is 0 Å². The Balaban J connectivity index is 2.25. The Kier molecular flexibility index (Phi) is 5.55. The van der Waals surface area contributed by atoms with E-state index in [-0.39, 0.29) is 12.3 Å². The maximum absolute atomic E-state index is 11.6. The van der Waals surface area contributed by atoms with Gasteiger partial charge in [0.2, 0.25) is 11.8 Å². The largest absolute Gasteiger partial charge is 0.370 e. The van der Waals surface area contributed by atoms with E-state index in [9.17, 15) is 9.59 Å². The number of nitrogens with one attached hydrogen (secondary N) is 1. The molecule has 0 radical (unpaired) electrons. The number of amides is 2. The zero-order valence-corrected chi connectivity index (χ0v) is 11.2. The van der Waals surface area contributed by atoms with Crippen molar-refractivity contribution < 1.29 is 9.59 Å². The Bertz CT molecular complexity index is 306. The van der Waals surface area contributed by atoms with E-state index in [2.05, 4.69) is 24.1 Å². The number of carbonyl (C=O) groups excluding carboxylic acids is 2. The molecule has 0 aromatic carbocycles. The van der Waals surface area contributed by atoms with Crippen molar-refractivity contribution >= 4 is 11.8 Å². The SMILES string of the molecule is CC(C)N1CCC(CNC(=O)C(N)CC(N)=O)C1. The molecule has 104 valence electrons. The molecule has 2 unspecified atom stereocenters. The van der Waals surface area contributed by atoms with Crippen LogP contribution in [0.2, 0.25) is 0 Å². The number of carbonyl (C=O) groups is 2. The molecular formula is C12H24N4O2. The summed E-state index contributed by atoms with van der Waals surface area (Å²) in [5.41, 5.74) is 10.6. The molecule has 1 rings (SSSR count). The Hall–Kier alpha value is -1.14. The smallest absolute Gasteiger partial charge is 0.237 e. The van der Waals surface area contributed by atoms with Gasteiger partial charge in [-0.1, -0.05) is 0 Å². The fourth-order valence-electron chi connectivity index (χ4n) is 2.18. The minimum Gasteiger partial charge on any atom is -0.370 e. The summed E-state index contributed by atoms with van der Waals surface area (Å²) >= 11 is 0. The molecule has 2 atom stereocenters. The number of hydrogen-bond acceptors (Lipinski definition) is 4. The van der Waals surface area contributed by atoms with Crippen molar-refractivity contribution in [3.8, 4) is 0 Å². The third kappa shape index (κ3) is 4.62. The van der Waals surface area contributed by atoms with Gasteiger partial charge >= 0.3 is 0 Å². The summed E-state index contributed by atoms with van der Waals surface area (Å²) in [4.78, 5) is 24.6. The highest BCUT2D eigenvalue weighted by molar-refractivity contribution is 5.87. The average molecular weight is 256 g/mol. The molecule has 0 aromatic heterocycles. The van der Waals surface area contributed by atoms with E-state index >= 15 is 0 Å². The van der Waals surface area contributed by atoms with Crippen LogP contribution in [0.3, 0.4) is 0 Å². The van der Waals surface area contributed by atoms with Gasteiger partial charge in [-0.25, -0.2) is 0 Å². The molecule has 5 N–H and O–H groups in total. The lowest BCUT2D eigenvalue weighted by Crippen LogP contribution is -2.44. The molecule has 0 spiro atoms. The fraction of sp³-hybridized carbons (Fsp3) is 0.833.